The predicted molar refractivity (Wildman–Crippen MR) is 130 cm³/mol. The third kappa shape index (κ3) is 5.08. The zero-order valence-electron chi connectivity index (χ0n) is 18.0. The van der Waals surface area contributed by atoms with E-state index in [0.717, 1.165) is 24.8 Å². The molecule has 1 aliphatic carbocycles. The van der Waals surface area contributed by atoms with E-state index in [1.54, 1.807) is 22.8 Å². The molecule has 3 aromatic rings. The van der Waals surface area contributed by atoms with E-state index >= 15 is 0 Å². The van der Waals surface area contributed by atoms with Gasteiger partial charge in [0.2, 0.25) is 0 Å². The largest absolute Gasteiger partial charge is 0.465 e. The molecule has 0 atom stereocenters. The monoisotopic (exact) mass is 468 g/mol. The van der Waals surface area contributed by atoms with Crippen molar-refractivity contribution in [3.8, 4) is 0 Å². The number of hydrogen-bond acceptors (Lipinski definition) is 5. The van der Waals surface area contributed by atoms with Gasteiger partial charge in [-0.2, -0.15) is 0 Å². The molecule has 0 radical (unpaired) electrons. The number of methoxy groups -OCH3 is 1. The third-order valence-electron chi connectivity index (χ3n) is 5.70. The van der Waals surface area contributed by atoms with Gasteiger partial charge in [0.05, 0.1) is 23.6 Å². The number of esters is 1. The van der Waals surface area contributed by atoms with Crippen LogP contribution in [0.5, 0.6) is 0 Å². The first-order valence-electron chi connectivity index (χ1n) is 10.7. The Morgan fingerprint density at radius 3 is 2.81 bits per heavy atom. The minimum Gasteiger partial charge on any atom is -0.465 e. The predicted octanol–water partition coefficient (Wildman–Crippen LogP) is 6.02. The van der Waals surface area contributed by atoms with Gasteiger partial charge >= 0.3 is 5.97 Å². The van der Waals surface area contributed by atoms with Crippen molar-refractivity contribution in [1.82, 2.24) is 9.55 Å². The Morgan fingerprint density at radius 2 is 2.06 bits per heavy atom. The molecule has 5 nitrogen and oxygen atoms in total. The molecule has 7 heteroatoms. The van der Waals surface area contributed by atoms with E-state index in [0.29, 0.717) is 38.9 Å². The van der Waals surface area contributed by atoms with Crippen molar-refractivity contribution in [2.75, 3.05) is 7.11 Å². The van der Waals surface area contributed by atoms with Crippen LogP contribution in [0.1, 0.15) is 48.0 Å². The Bertz CT molecular complexity index is 1240. The van der Waals surface area contributed by atoms with Gasteiger partial charge in [-0.3, -0.25) is 9.36 Å². The number of aromatic nitrogens is 2. The van der Waals surface area contributed by atoms with Crippen LogP contribution in [-0.2, 0) is 17.0 Å². The fourth-order valence-corrected chi connectivity index (χ4v) is 5.21. The lowest BCUT2D eigenvalue weighted by atomic mass is 9.97. The Morgan fingerprint density at radius 1 is 1.22 bits per heavy atom. The van der Waals surface area contributed by atoms with E-state index in [1.807, 2.05) is 24.3 Å². The molecule has 0 spiro atoms. The molecular weight excluding hydrogens is 444 g/mol. The third-order valence-corrected chi connectivity index (χ3v) is 7.09. The van der Waals surface area contributed by atoms with Crippen LogP contribution in [0.2, 0.25) is 5.02 Å². The minimum atomic E-state index is -0.451. The van der Waals surface area contributed by atoms with E-state index in [-0.39, 0.29) is 5.56 Å². The molecule has 4 rings (SSSR count). The molecule has 1 aliphatic rings. The van der Waals surface area contributed by atoms with Gasteiger partial charge in [-0.25, -0.2) is 9.78 Å². The highest BCUT2D eigenvalue weighted by Crippen LogP contribution is 2.27. The van der Waals surface area contributed by atoms with Crippen molar-refractivity contribution in [3.05, 3.63) is 80.6 Å². The Balaban J connectivity index is 1.71. The van der Waals surface area contributed by atoms with Crippen LogP contribution in [0.4, 0.5) is 0 Å². The summed E-state index contributed by atoms with van der Waals surface area (Å²) in [7, 11) is 1.34. The first-order chi connectivity index (χ1) is 15.6. The number of rotatable bonds is 7. The zero-order valence-corrected chi connectivity index (χ0v) is 19.5. The minimum absolute atomic E-state index is 0.0931. The summed E-state index contributed by atoms with van der Waals surface area (Å²) in [5.74, 6) is 0.143. The van der Waals surface area contributed by atoms with E-state index in [9.17, 15) is 9.59 Å². The molecule has 166 valence electrons. The second kappa shape index (κ2) is 10.4. The lowest BCUT2D eigenvalue weighted by molar-refractivity contribution is 0.0601. The van der Waals surface area contributed by atoms with E-state index < -0.39 is 5.97 Å². The van der Waals surface area contributed by atoms with Crippen molar-refractivity contribution in [1.29, 1.82) is 0 Å². The second-order valence-corrected chi connectivity index (χ2v) is 9.16. The number of fused-ring (bicyclic) bond motifs is 1. The van der Waals surface area contributed by atoms with Crippen LogP contribution in [0.25, 0.3) is 10.9 Å². The Kier molecular flexibility index (Phi) is 7.33. The van der Waals surface area contributed by atoms with Gasteiger partial charge in [-0.1, -0.05) is 53.2 Å². The van der Waals surface area contributed by atoms with Crippen molar-refractivity contribution in [3.63, 3.8) is 0 Å². The highest BCUT2D eigenvalue weighted by Gasteiger charge is 2.16. The van der Waals surface area contributed by atoms with Crippen molar-refractivity contribution in [2.45, 2.75) is 49.6 Å². The summed E-state index contributed by atoms with van der Waals surface area (Å²) < 4.78 is 6.58. The first kappa shape index (κ1) is 22.6. The molecule has 0 saturated carbocycles. The summed E-state index contributed by atoms with van der Waals surface area (Å²) in [5, 5.41) is 1.81. The van der Waals surface area contributed by atoms with E-state index in [1.165, 1.54) is 37.3 Å². The molecule has 1 aromatic heterocycles. The molecule has 0 aliphatic heterocycles. The average molecular weight is 469 g/mol. The highest BCUT2D eigenvalue weighted by atomic mass is 35.5. The van der Waals surface area contributed by atoms with Gasteiger partial charge in [0, 0.05) is 17.3 Å². The molecule has 0 amide bonds. The summed E-state index contributed by atoms with van der Waals surface area (Å²) in [5.41, 5.74) is 3.17. The van der Waals surface area contributed by atoms with Gasteiger partial charge in [-0.15, -0.1) is 0 Å². The molecule has 0 N–H and O–H groups in total. The maximum atomic E-state index is 13.4. The molecule has 0 saturated heterocycles. The number of halogens is 1. The van der Waals surface area contributed by atoms with Crippen LogP contribution >= 0.6 is 23.4 Å². The molecular formula is C25H25ClN2O3S. The summed E-state index contributed by atoms with van der Waals surface area (Å²) in [6.07, 6.45) is 7.81. The summed E-state index contributed by atoms with van der Waals surface area (Å²) in [4.78, 5) is 30.1. The fraction of sp³-hybridized carbons (Fsp3) is 0.320. The molecule has 32 heavy (non-hydrogen) atoms. The number of ether oxygens (including phenoxy) is 1. The summed E-state index contributed by atoms with van der Waals surface area (Å²) in [6, 6.07) is 12.6. The number of benzene rings is 2. The summed E-state index contributed by atoms with van der Waals surface area (Å²) in [6.45, 7) is 0.581. The smallest absolute Gasteiger partial charge is 0.337 e. The van der Waals surface area contributed by atoms with E-state index in [2.05, 4.69) is 6.08 Å². The number of allylic oxidation sites excluding steroid dienone is 2. The average Bonchev–Trinajstić information content (AvgIpc) is 2.83. The summed E-state index contributed by atoms with van der Waals surface area (Å²) >= 11 is 7.81. The number of carbonyl (C=O) groups excluding carboxylic acids is 1. The van der Waals surface area contributed by atoms with E-state index in [4.69, 9.17) is 21.3 Å². The lowest BCUT2D eigenvalue weighted by Gasteiger charge is -2.16. The van der Waals surface area contributed by atoms with Gasteiger partial charge in [0.1, 0.15) is 0 Å². The Hall–Kier alpha value is -2.57. The van der Waals surface area contributed by atoms with Crippen LogP contribution in [-0.4, -0.2) is 22.6 Å². The number of carbonyl (C=O) groups is 1. The van der Waals surface area contributed by atoms with Gasteiger partial charge in [-0.05, 0) is 61.9 Å². The quantitative estimate of drug-likeness (QED) is 0.183. The van der Waals surface area contributed by atoms with Crippen molar-refractivity contribution < 1.29 is 9.53 Å². The van der Waals surface area contributed by atoms with Crippen LogP contribution in [0.15, 0.2) is 64.1 Å². The van der Waals surface area contributed by atoms with Crippen molar-refractivity contribution in [2.24, 2.45) is 0 Å². The van der Waals surface area contributed by atoms with Gasteiger partial charge in [0.25, 0.3) is 5.56 Å². The highest BCUT2D eigenvalue weighted by molar-refractivity contribution is 7.98. The topological polar surface area (TPSA) is 61.2 Å². The molecule has 0 fully saturated rings. The lowest BCUT2D eigenvalue weighted by Crippen LogP contribution is -2.24. The number of thioether (sulfide) groups is 1. The standard InChI is InChI=1S/C25H25ClN2O3S/c1-31-24(30)18-11-12-20-22(15-18)27-25(32-16-19-9-5-6-10-21(19)26)28(23(20)29)14-13-17-7-3-2-4-8-17/h5-7,9-12,15H,2-4,8,13-14,16H2,1H3. The Labute approximate surface area is 196 Å². The molecule has 2 aromatic carbocycles. The second-order valence-electron chi connectivity index (χ2n) is 7.81. The van der Waals surface area contributed by atoms with Crippen LogP contribution in [0.3, 0.4) is 0 Å². The van der Waals surface area contributed by atoms with Crippen molar-refractivity contribution >= 4 is 40.2 Å². The first-order valence-corrected chi connectivity index (χ1v) is 12.1. The molecule has 0 unspecified atom stereocenters. The van der Waals surface area contributed by atoms with Gasteiger partial charge in [0.15, 0.2) is 5.16 Å². The van der Waals surface area contributed by atoms with Gasteiger partial charge < -0.3 is 4.74 Å². The number of nitrogens with zero attached hydrogens (tertiary/aromatic N) is 2. The fourth-order valence-electron chi connectivity index (χ4n) is 3.90. The molecule has 0 bridgehead atoms. The zero-order chi connectivity index (χ0) is 22.5. The number of hydrogen-bond donors (Lipinski definition) is 0. The maximum absolute atomic E-state index is 13.4. The SMILES string of the molecule is COC(=O)c1ccc2c(=O)n(CCC3=CCCCC3)c(SCc3ccccc3Cl)nc2c1. The normalized spacial score (nSPS) is 13.8. The maximum Gasteiger partial charge on any atom is 0.337 e. The van der Waals surface area contributed by atoms with Crippen LogP contribution < -0.4 is 5.56 Å². The van der Waals surface area contributed by atoms with Crippen LogP contribution in [0, 0.1) is 0 Å². The molecule has 1 heterocycles.